The zero-order valence-electron chi connectivity index (χ0n) is 11.5. The lowest BCUT2D eigenvalue weighted by molar-refractivity contribution is 0.513. The minimum absolute atomic E-state index is 0.576. The summed E-state index contributed by atoms with van der Waals surface area (Å²) in [5.74, 6) is 0. The van der Waals surface area contributed by atoms with Gasteiger partial charge in [-0.1, -0.05) is 15.9 Å². The molecule has 0 saturated heterocycles. The highest BCUT2D eigenvalue weighted by atomic mass is 79.9. The third-order valence-electron chi connectivity index (χ3n) is 3.69. The Kier molecular flexibility index (Phi) is 4.68. The zero-order chi connectivity index (χ0) is 13.1. The number of fused-ring (bicyclic) bond motifs is 1. The van der Waals surface area contributed by atoms with Gasteiger partial charge in [0.2, 0.25) is 0 Å². The lowest BCUT2D eigenvalue weighted by Gasteiger charge is -2.31. The summed E-state index contributed by atoms with van der Waals surface area (Å²) < 4.78 is 1.20. The summed E-state index contributed by atoms with van der Waals surface area (Å²) in [6, 6.07) is 7.94. The van der Waals surface area contributed by atoms with Gasteiger partial charge in [-0.3, -0.25) is 0 Å². The summed E-state index contributed by atoms with van der Waals surface area (Å²) in [6.07, 6.45) is 3.71. The molecule has 1 aromatic carbocycles. The minimum atomic E-state index is 0.576. The van der Waals surface area contributed by atoms with Crippen LogP contribution in [0.15, 0.2) is 22.7 Å². The van der Waals surface area contributed by atoms with Gasteiger partial charge < -0.3 is 10.2 Å². The largest absolute Gasteiger partial charge is 0.366 e. The summed E-state index contributed by atoms with van der Waals surface area (Å²) >= 11 is 3.58. The van der Waals surface area contributed by atoms with Crippen LogP contribution < -0.4 is 10.2 Å². The van der Waals surface area contributed by atoms with E-state index in [2.05, 4.69) is 58.2 Å². The van der Waals surface area contributed by atoms with Crippen LogP contribution in [-0.4, -0.2) is 25.7 Å². The fourth-order valence-electron chi connectivity index (χ4n) is 2.97. The Balaban J connectivity index is 2.15. The van der Waals surface area contributed by atoms with Gasteiger partial charge in [-0.2, -0.15) is 0 Å². The maximum absolute atomic E-state index is 3.58. The second kappa shape index (κ2) is 6.07. The Morgan fingerprint density at radius 2 is 2.22 bits per heavy atom. The van der Waals surface area contributed by atoms with Gasteiger partial charge in [-0.15, -0.1) is 0 Å². The van der Waals surface area contributed by atoms with E-state index in [1.807, 2.05) is 7.05 Å². The van der Waals surface area contributed by atoms with E-state index < -0.39 is 0 Å². The average Bonchev–Trinajstić information content (AvgIpc) is 2.66. The molecule has 1 aliphatic heterocycles. The Morgan fingerprint density at radius 3 is 2.89 bits per heavy atom. The molecule has 0 radical (unpaired) electrons. The van der Waals surface area contributed by atoms with E-state index in [0.717, 1.165) is 6.54 Å². The molecule has 1 heterocycles. The highest BCUT2D eigenvalue weighted by molar-refractivity contribution is 9.10. The molecule has 1 N–H and O–H groups in total. The van der Waals surface area contributed by atoms with Crippen molar-refractivity contribution >= 4 is 21.6 Å². The number of halogens is 1. The van der Waals surface area contributed by atoms with Gasteiger partial charge in [0.05, 0.1) is 0 Å². The molecule has 1 unspecified atom stereocenters. The van der Waals surface area contributed by atoms with Gasteiger partial charge in [0.1, 0.15) is 0 Å². The van der Waals surface area contributed by atoms with Crippen molar-refractivity contribution in [3.63, 3.8) is 0 Å². The molecule has 2 rings (SSSR count). The molecule has 0 spiro atoms. The predicted octanol–water partition coefficient (Wildman–Crippen LogP) is 3.59. The molecule has 0 fully saturated rings. The van der Waals surface area contributed by atoms with Crippen LogP contribution in [0.25, 0.3) is 0 Å². The Morgan fingerprint density at radius 1 is 1.44 bits per heavy atom. The minimum Gasteiger partial charge on any atom is -0.366 e. The smallest absolute Gasteiger partial charge is 0.0405 e. The van der Waals surface area contributed by atoms with Crippen LogP contribution in [0.1, 0.15) is 32.3 Å². The molecule has 0 aromatic heterocycles. The molecular weight excluding hydrogens is 288 g/mol. The van der Waals surface area contributed by atoms with E-state index in [1.54, 1.807) is 0 Å². The number of rotatable bonds is 5. The van der Waals surface area contributed by atoms with Crippen molar-refractivity contribution in [1.82, 2.24) is 5.32 Å². The topological polar surface area (TPSA) is 15.3 Å². The van der Waals surface area contributed by atoms with Crippen molar-refractivity contribution in [2.24, 2.45) is 0 Å². The molecule has 0 saturated carbocycles. The highest BCUT2D eigenvalue weighted by Crippen LogP contribution is 2.37. The lowest BCUT2D eigenvalue weighted by Crippen LogP contribution is -2.38. The average molecular weight is 311 g/mol. The van der Waals surface area contributed by atoms with E-state index in [9.17, 15) is 0 Å². The monoisotopic (exact) mass is 310 g/mol. The van der Waals surface area contributed by atoms with E-state index in [4.69, 9.17) is 0 Å². The summed E-state index contributed by atoms with van der Waals surface area (Å²) in [7, 11) is 2.03. The van der Waals surface area contributed by atoms with E-state index in [-0.39, 0.29) is 0 Å². The maximum Gasteiger partial charge on any atom is 0.0405 e. The van der Waals surface area contributed by atoms with Crippen molar-refractivity contribution in [3.05, 3.63) is 28.2 Å². The van der Waals surface area contributed by atoms with Crippen LogP contribution in [0.3, 0.4) is 0 Å². The van der Waals surface area contributed by atoms with Crippen LogP contribution in [0.4, 0.5) is 5.69 Å². The molecule has 0 aliphatic carbocycles. The normalized spacial score (nSPS) is 18.5. The first kappa shape index (κ1) is 13.9. The third kappa shape index (κ3) is 2.89. The van der Waals surface area contributed by atoms with Gasteiger partial charge >= 0.3 is 0 Å². The molecule has 1 aliphatic rings. The SMILES string of the molecule is CNCCCC1Cc2cc(Br)ccc2N1C(C)C. The number of nitrogens with one attached hydrogen (secondary N) is 1. The van der Waals surface area contributed by atoms with Crippen LogP contribution in [0.2, 0.25) is 0 Å². The highest BCUT2D eigenvalue weighted by Gasteiger charge is 2.30. The second-order valence-electron chi connectivity index (χ2n) is 5.38. The Labute approximate surface area is 119 Å². The maximum atomic E-state index is 3.58. The van der Waals surface area contributed by atoms with Crippen LogP contribution >= 0.6 is 15.9 Å². The molecule has 1 atom stereocenters. The first-order valence-electron chi connectivity index (χ1n) is 6.85. The quantitative estimate of drug-likeness (QED) is 0.836. The first-order chi connectivity index (χ1) is 8.63. The van der Waals surface area contributed by atoms with Crippen molar-refractivity contribution in [2.45, 2.75) is 45.2 Å². The van der Waals surface area contributed by atoms with Gasteiger partial charge in [0, 0.05) is 22.2 Å². The lowest BCUT2D eigenvalue weighted by atomic mass is 10.1. The number of nitrogens with zero attached hydrogens (tertiary/aromatic N) is 1. The van der Waals surface area contributed by atoms with Crippen LogP contribution in [-0.2, 0) is 6.42 Å². The van der Waals surface area contributed by atoms with E-state index >= 15 is 0 Å². The molecule has 1 aromatic rings. The Hall–Kier alpha value is -0.540. The number of hydrogen-bond acceptors (Lipinski definition) is 2. The van der Waals surface area contributed by atoms with E-state index in [1.165, 1.54) is 35.0 Å². The molecule has 0 bridgehead atoms. The van der Waals surface area contributed by atoms with E-state index in [0.29, 0.717) is 12.1 Å². The summed E-state index contributed by atoms with van der Waals surface area (Å²) in [5, 5.41) is 3.24. The number of anilines is 1. The third-order valence-corrected chi connectivity index (χ3v) is 4.18. The van der Waals surface area contributed by atoms with Gasteiger partial charge in [-0.05, 0) is 70.5 Å². The van der Waals surface area contributed by atoms with Crippen LogP contribution in [0, 0.1) is 0 Å². The Bertz CT molecular complexity index is 403. The van der Waals surface area contributed by atoms with Gasteiger partial charge in [-0.25, -0.2) is 0 Å². The summed E-state index contributed by atoms with van der Waals surface area (Å²) in [4.78, 5) is 2.59. The molecule has 3 heteroatoms. The molecule has 100 valence electrons. The fraction of sp³-hybridized carbons (Fsp3) is 0.600. The molecule has 18 heavy (non-hydrogen) atoms. The van der Waals surface area contributed by atoms with Gasteiger partial charge in [0.15, 0.2) is 0 Å². The van der Waals surface area contributed by atoms with Crippen LogP contribution in [0.5, 0.6) is 0 Å². The van der Waals surface area contributed by atoms with Crippen molar-refractivity contribution < 1.29 is 0 Å². The molecule has 2 nitrogen and oxygen atoms in total. The molecule has 0 amide bonds. The summed E-state index contributed by atoms with van der Waals surface area (Å²) in [5.41, 5.74) is 2.93. The predicted molar refractivity (Wildman–Crippen MR) is 82.4 cm³/mol. The zero-order valence-corrected chi connectivity index (χ0v) is 13.1. The van der Waals surface area contributed by atoms with Crippen molar-refractivity contribution in [2.75, 3.05) is 18.5 Å². The molecular formula is C15H23BrN2. The van der Waals surface area contributed by atoms with Gasteiger partial charge in [0.25, 0.3) is 0 Å². The number of benzene rings is 1. The second-order valence-corrected chi connectivity index (χ2v) is 6.29. The fourth-order valence-corrected chi connectivity index (χ4v) is 3.38. The van der Waals surface area contributed by atoms with Crippen molar-refractivity contribution in [3.8, 4) is 0 Å². The summed E-state index contributed by atoms with van der Waals surface area (Å²) in [6.45, 7) is 5.70. The first-order valence-corrected chi connectivity index (χ1v) is 7.64. The van der Waals surface area contributed by atoms with Crippen molar-refractivity contribution in [1.29, 1.82) is 0 Å². The number of hydrogen-bond donors (Lipinski definition) is 1. The standard InChI is InChI=1S/C15H23BrN2/c1-11(2)18-14(5-4-8-17-3)10-12-9-13(16)6-7-15(12)18/h6-7,9,11,14,17H,4-5,8,10H2,1-3H3.